The van der Waals surface area contributed by atoms with Crippen molar-refractivity contribution in [1.82, 2.24) is 4.90 Å². The maximum Gasteiger partial charge on any atom is 0.225 e. The van der Waals surface area contributed by atoms with E-state index >= 15 is 0 Å². The lowest BCUT2D eigenvalue weighted by atomic mass is 9.79. The molecule has 1 saturated carbocycles. The maximum absolute atomic E-state index is 12.6. The molecular weight excluding hydrogens is 270 g/mol. The Morgan fingerprint density at radius 3 is 2.50 bits per heavy atom. The Bertz CT molecular complexity index is 312. The quantitative estimate of drug-likeness (QED) is 0.702. The van der Waals surface area contributed by atoms with E-state index in [1.807, 2.05) is 0 Å². The van der Waals surface area contributed by atoms with Crippen LogP contribution in [0.5, 0.6) is 0 Å². The highest BCUT2D eigenvalue weighted by Crippen LogP contribution is 2.34. The van der Waals surface area contributed by atoms with E-state index in [-0.39, 0.29) is 5.38 Å². The van der Waals surface area contributed by atoms with Gasteiger partial charge in [-0.1, -0.05) is 33.1 Å². The van der Waals surface area contributed by atoms with Crippen molar-refractivity contribution >= 4 is 17.5 Å². The molecule has 1 saturated heterocycles. The van der Waals surface area contributed by atoms with Gasteiger partial charge in [0.2, 0.25) is 5.91 Å². The van der Waals surface area contributed by atoms with E-state index in [9.17, 15) is 4.79 Å². The molecule has 0 N–H and O–H groups in total. The van der Waals surface area contributed by atoms with Crippen LogP contribution < -0.4 is 0 Å². The van der Waals surface area contributed by atoms with Crippen molar-refractivity contribution in [3.63, 3.8) is 0 Å². The number of rotatable bonds is 4. The average Bonchev–Trinajstić information content (AvgIpc) is 2.48. The second-order valence-corrected chi connectivity index (χ2v) is 7.49. The van der Waals surface area contributed by atoms with Gasteiger partial charge in [0, 0.05) is 24.4 Å². The van der Waals surface area contributed by atoms with Crippen molar-refractivity contribution in [2.45, 2.75) is 70.6 Å². The Morgan fingerprint density at radius 1 is 1.20 bits per heavy atom. The van der Waals surface area contributed by atoms with E-state index in [2.05, 4.69) is 18.7 Å². The third kappa shape index (κ3) is 4.13. The number of carbonyl (C=O) groups is 1. The maximum atomic E-state index is 12.6. The van der Waals surface area contributed by atoms with E-state index < -0.39 is 0 Å². The molecule has 0 bridgehead atoms. The van der Waals surface area contributed by atoms with Crippen LogP contribution in [-0.4, -0.2) is 29.3 Å². The fourth-order valence-electron chi connectivity index (χ4n) is 3.77. The van der Waals surface area contributed by atoms with Gasteiger partial charge in [0.1, 0.15) is 0 Å². The van der Waals surface area contributed by atoms with Gasteiger partial charge in [-0.3, -0.25) is 4.79 Å². The number of halogens is 1. The molecular formula is C17H30ClNO. The molecule has 2 rings (SSSR count). The number of alkyl halides is 1. The number of hydrogen-bond donors (Lipinski definition) is 0. The Labute approximate surface area is 129 Å². The molecule has 2 unspecified atom stereocenters. The third-order valence-electron chi connectivity index (χ3n) is 5.27. The van der Waals surface area contributed by atoms with E-state index in [4.69, 9.17) is 11.6 Å². The van der Waals surface area contributed by atoms with Crippen LogP contribution in [0.1, 0.15) is 65.2 Å². The lowest BCUT2D eigenvalue weighted by Crippen LogP contribution is -2.46. The summed E-state index contributed by atoms with van der Waals surface area (Å²) in [6.07, 6.45) is 9.72. The van der Waals surface area contributed by atoms with Gasteiger partial charge in [0.15, 0.2) is 0 Å². The molecule has 20 heavy (non-hydrogen) atoms. The van der Waals surface area contributed by atoms with Crippen LogP contribution in [0.15, 0.2) is 0 Å². The summed E-state index contributed by atoms with van der Waals surface area (Å²) >= 11 is 6.25. The number of unbranched alkanes of at least 4 members (excludes halogenated alkanes) is 1. The first-order chi connectivity index (χ1) is 9.61. The molecule has 2 aliphatic rings. The number of hydrogen-bond acceptors (Lipinski definition) is 1. The minimum atomic E-state index is 0.254. The highest BCUT2D eigenvalue weighted by atomic mass is 35.5. The zero-order chi connectivity index (χ0) is 14.5. The van der Waals surface area contributed by atoms with Crippen LogP contribution in [0, 0.1) is 17.8 Å². The Balaban J connectivity index is 1.77. The Kier molecular flexibility index (Phi) is 6.20. The SMILES string of the molecule is CCCCC1CCC(C(=O)N2CCC(Cl)C(C)C2)CC1. The molecule has 2 nitrogen and oxygen atoms in total. The number of carbonyl (C=O) groups excluding carboxylic acids is 1. The van der Waals surface area contributed by atoms with Gasteiger partial charge in [-0.2, -0.15) is 0 Å². The van der Waals surface area contributed by atoms with E-state index in [0.29, 0.717) is 17.7 Å². The normalized spacial score (nSPS) is 35.0. The number of amides is 1. The summed E-state index contributed by atoms with van der Waals surface area (Å²) in [5.41, 5.74) is 0. The fourth-order valence-corrected chi connectivity index (χ4v) is 3.94. The molecule has 1 amide bonds. The lowest BCUT2D eigenvalue weighted by molar-refractivity contribution is -0.138. The Morgan fingerprint density at radius 2 is 1.90 bits per heavy atom. The molecule has 0 spiro atoms. The molecule has 0 aromatic rings. The van der Waals surface area contributed by atoms with Gasteiger partial charge in [0.05, 0.1) is 0 Å². The third-order valence-corrected chi connectivity index (χ3v) is 5.92. The molecule has 0 radical (unpaired) electrons. The average molecular weight is 300 g/mol. The molecule has 2 atom stereocenters. The summed E-state index contributed by atoms with van der Waals surface area (Å²) in [6, 6.07) is 0. The minimum absolute atomic E-state index is 0.254. The highest BCUT2D eigenvalue weighted by molar-refractivity contribution is 6.20. The number of piperidine rings is 1. The van der Waals surface area contributed by atoms with Crippen molar-refractivity contribution in [3.8, 4) is 0 Å². The molecule has 1 aliphatic heterocycles. The Hall–Kier alpha value is -0.240. The van der Waals surface area contributed by atoms with Crippen LogP contribution in [0.3, 0.4) is 0 Å². The van der Waals surface area contributed by atoms with Crippen LogP contribution in [0.25, 0.3) is 0 Å². The minimum Gasteiger partial charge on any atom is -0.342 e. The standard InChI is InChI=1S/C17H30ClNO/c1-3-4-5-14-6-8-15(9-7-14)17(20)19-11-10-16(18)13(2)12-19/h13-16H,3-12H2,1-2H3. The van der Waals surface area contributed by atoms with Crippen LogP contribution in [-0.2, 0) is 4.79 Å². The van der Waals surface area contributed by atoms with Crippen LogP contribution in [0.4, 0.5) is 0 Å². The summed E-state index contributed by atoms with van der Waals surface area (Å²) in [6.45, 7) is 6.16. The van der Waals surface area contributed by atoms with Crippen molar-refractivity contribution in [3.05, 3.63) is 0 Å². The molecule has 3 heteroatoms. The summed E-state index contributed by atoms with van der Waals surface area (Å²) in [5.74, 6) is 2.03. The van der Waals surface area contributed by atoms with Gasteiger partial charge in [-0.15, -0.1) is 11.6 Å². The molecule has 1 aliphatic carbocycles. The second kappa shape index (κ2) is 7.68. The molecule has 0 aromatic heterocycles. The zero-order valence-corrected chi connectivity index (χ0v) is 13.9. The summed E-state index contributed by atoms with van der Waals surface area (Å²) in [7, 11) is 0. The van der Waals surface area contributed by atoms with Gasteiger partial charge in [-0.25, -0.2) is 0 Å². The molecule has 2 fully saturated rings. The second-order valence-electron chi connectivity index (χ2n) is 6.93. The first-order valence-electron chi connectivity index (χ1n) is 8.54. The number of nitrogens with zero attached hydrogens (tertiary/aromatic N) is 1. The topological polar surface area (TPSA) is 20.3 Å². The largest absolute Gasteiger partial charge is 0.342 e. The fraction of sp³-hybridized carbons (Fsp3) is 0.941. The molecule has 1 heterocycles. The summed E-state index contributed by atoms with van der Waals surface area (Å²) in [4.78, 5) is 14.7. The first-order valence-corrected chi connectivity index (χ1v) is 8.98. The summed E-state index contributed by atoms with van der Waals surface area (Å²) in [5, 5.41) is 0.254. The predicted molar refractivity (Wildman–Crippen MR) is 85.0 cm³/mol. The predicted octanol–water partition coefficient (Wildman–Crippen LogP) is 4.46. The first kappa shape index (κ1) is 16.1. The lowest BCUT2D eigenvalue weighted by Gasteiger charge is -2.37. The molecule has 116 valence electrons. The van der Waals surface area contributed by atoms with Crippen LogP contribution >= 0.6 is 11.6 Å². The smallest absolute Gasteiger partial charge is 0.225 e. The van der Waals surface area contributed by atoms with Gasteiger partial charge in [0.25, 0.3) is 0 Å². The summed E-state index contributed by atoms with van der Waals surface area (Å²) < 4.78 is 0. The van der Waals surface area contributed by atoms with Gasteiger partial charge >= 0.3 is 0 Å². The van der Waals surface area contributed by atoms with Gasteiger partial charge < -0.3 is 4.90 Å². The van der Waals surface area contributed by atoms with Crippen molar-refractivity contribution < 1.29 is 4.79 Å². The zero-order valence-electron chi connectivity index (χ0n) is 13.1. The van der Waals surface area contributed by atoms with E-state index in [1.54, 1.807) is 0 Å². The van der Waals surface area contributed by atoms with Crippen molar-refractivity contribution in [1.29, 1.82) is 0 Å². The van der Waals surface area contributed by atoms with E-state index in [0.717, 1.165) is 38.3 Å². The molecule has 0 aromatic carbocycles. The monoisotopic (exact) mass is 299 g/mol. The van der Waals surface area contributed by atoms with Gasteiger partial charge in [-0.05, 0) is 43.9 Å². The number of likely N-dealkylation sites (tertiary alicyclic amines) is 1. The van der Waals surface area contributed by atoms with E-state index in [1.165, 1.54) is 32.1 Å². The van der Waals surface area contributed by atoms with Crippen molar-refractivity contribution in [2.24, 2.45) is 17.8 Å². The van der Waals surface area contributed by atoms with Crippen LogP contribution in [0.2, 0.25) is 0 Å². The van der Waals surface area contributed by atoms with Crippen molar-refractivity contribution in [2.75, 3.05) is 13.1 Å². The highest BCUT2D eigenvalue weighted by Gasteiger charge is 2.33.